The first-order chi connectivity index (χ1) is 42.3. The number of aromatic nitrogens is 2. The van der Waals surface area contributed by atoms with Crippen molar-refractivity contribution < 1.29 is 51.7 Å². The predicted molar refractivity (Wildman–Crippen MR) is 349 cm³/mol. The molecule has 4 heterocycles. The van der Waals surface area contributed by atoms with Crippen LogP contribution in [0.4, 0.5) is 20.2 Å². The summed E-state index contributed by atoms with van der Waals surface area (Å²) in [6.07, 6.45) is 12.8. The number of hydrogen-bond donors (Lipinski definition) is 1. The van der Waals surface area contributed by atoms with Crippen molar-refractivity contribution in [2.75, 3.05) is 5.73 Å². The van der Waals surface area contributed by atoms with E-state index >= 15 is 0 Å². The highest BCUT2D eigenvalue weighted by Gasteiger charge is 2.39. The van der Waals surface area contributed by atoms with Crippen LogP contribution in [-0.2, 0) is 63.7 Å². The number of fused-ring (bicyclic) bond motifs is 6. The molecule has 0 radical (unpaired) electrons. The fourth-order valence-electron chi connectivity index (χ4n) is 12.8. The van der Waals surface area contributed by atoms with Crippen molar-refractivity contribution in [1.82, 2.24) is 9.97 Å². The highest BCUT2D eigenvalue weighted by atomic mass is 19.1. The molecule has 16 heteroatoms. The second-order valence-electron chi connectivity index (χ2n) is 27.6. The Morgan fingerprint density at radius 3 is 1.40 bits per heavy atom. The van der Waals surface area contributed by atoms with Gasteiger partial charge in [0.15, 0.2) is 11.6 Å². The van der Waals surface area contributed by atoms with Gasteiger partial charge in [0, 0.05) is 75.4 Å². The molecule has 10 rings (SSSR count). The van der Waals surface area contributed by atoms with E-state index in [1.807, 2.05) is 106 Å². The Morgan fingerprint density at radius 2 is 1.01 bits per heavy atom. The van der Waals surface area contributed by atoms with Crippen molar-refractivity contribution in [2.24, 2.45) is 0 Å². The van der Waals surface area contributed by atoms with E-state index < -0.39 is 28.9 Å². The van der Waals surface area contributed by atoms with E-state index in [0.717, 1.165) is 115 Å². The molecule has 90 heavy (non-hydrogen) atoms. The highest BCUT2D eigenvalue weighted by Crippen LogP contribution is 2.47. The van der Waals surface area contributed by atoms with Crippen LogP contribution in [0.15, 0.2) is 97.1 Å². The van der Waals surface area contributed by atoms with Gasteiger partial charge in [0.05, 0.1) is 53.6 Å². The zero-order valence-electron chi connectivity index (χ0n) is 54.7. The molecule has 478 valence electrons. The number of anilines is 1. The molecule has 2 aliphatic carbocycles. The van der Waals surface area contributed by atoms with E-state index in [0.29, 0.717) is 25.7 Å². The molecule has 2 fully saturated rings. The number of nitrogens with zero attached hydrogens (tertiary/aromatic N) is 3. The van der Waals surface area contributed by atoms with E-state index in [-0.39, 0.29) is 77.2 Å². The Kier molecular flexibility index (Phi) is 20.2. The van der Waals surface area contributed by atoms with Crippen LogP contribution in [0.2, 0.25) is 0 Å². The third-order valence-electron chi connectivity index (χ3n) is 16.1. The first-order valence-corrected chi connectivity index (χ1v) is 31.6. The molecule has 0 bridgehead atoms. The van der Waals surface area contributed by atoms with Crippen molar-refractivity contribution in [3.05, 3.63) is 164 Å². The number of non-ortho nitro benzene ring substituents is 1. The monoisotopic (exact) mass is 1230 g/mol. The van der Waals surface area contributed by atoms with Gasteiger partial charge in [-0.1, -0.05) is 82.3 Å². The van der Waals surface area contributed by atoms with Gasteiger partial charge in [-0.3, -0.25) is 29.7 Å². The lowest BCUT2D eigenvalue weighted by atomic mass is 9.85. The summed E-state index contributed by atoms with van der Waals surface area (Å²) in [4.78, 5) is 47.1. The van der Waals surface area contributed by atoms with Gasteiger partial charge in [-0.2, -0.15) is 0 Å². The maximum absolute atomic E-state index is 14.2. The Labute approximate surface area is 529 Å². The standard InChI is InChI=1S/C37H43FN2O6.C37H45FN2O4/c1-22(2)35-30(18-16-27-20-28(45-37(6,7)44-27)21-32(41)46-36(3,4)5)33(23-11-13-25(38)14-12-23)34-29-17-15-26(40(42)43)19-24(29)9-8-10-31(34)39-35;1-22(2)35-30(18-16-27-20-28(43-37(6,7)42-27)21-32(41)44-36(3,4)5)33(23-11-13-25(38)14-12-23)34-29-17-15-26(39)19-24(29)9-8-10-31(34)40-35/h11-19,22,27-28H,8-10,20-21H2,1-7H3;11-19,22,27-28H,8-10,20-21,39H2,1-7H3/b2*18-16+/t2*27-,28-/m11/s1. The molecular formula is C74H88F2N4O10. The molecule has 0 saturated carbocycles. The van der Waals surface area contributed by atoms with Crippen LogP contribution in [-0.4, -0.2) is 74.0 Å². The molecule has 2 aromatic heterocycles. The number of benzene rings is 4. The van der Waals surface area contributed by atoms with Gasteiger partial charge in [0.25, 0.3) is 5.69 Å². The third kappa shape index (κ3) is 16.7. The fraction of sp³-hybridized carbons (Fsp3) is 0.459. The molecule has 2 saturated heterocycles. The minimum atomic E-state index is -0.930. The topological polar surface area (TPSA) is 184 Å². The lowest BCUT2D eigenvalue weighted by Gasteiger charge is -2.40. The van der Waals surface area contributed by atoms with Gasteiger partial charge in [-0.25, -0.2) is 8.78 Å². The number of carbonyl (C=O) groups excluding carboxylic acids is 2. The Bertz CT molecular complexity index is 3690. The molecule has 4 aliphatic rings. The lowest BCUT2D eigenvalue weighted by Crippen LogP contribution is -2.45. The quantitative estimate of drug-likeness (QED) is 0.0499. The number of nitrogen functional groups attached to an aromatic ring is 1. The average Bonchev–Trinajstić information content (AvgIpc) is 1.23. The van der Waals surface area contributed by atoms with E-state index in [1.54, 1.807) is 18.2 Å². The number of ether oxygens (including phenoxy) is 6. The Morgan fingerprint density at radius 1 is 0.611 bits per heavy atom. The van der Waals surface area contributed by atoms with Crippen LogP contribution in [0.1, 0.15) is 192 Å². The van der Waals surface area contributed by atoms with Crippen molar-refractivity contribution in [2.45, 2.75) is 220 Å². The zero-order chi connectivity index (χ0) is 65.2. The Balaban J connectivity index is 0.000000214. The number of rotatable bonds is 13. The number of nitrogens with two attached hydrogens (primary N) is 1. The largest absolute Gasteiger partial charge is 0.460 e. The van der Waals surface area contributed by atoms with Gasteiger partial charge in [-0.05, 0) is 195 Å². The number of carbonyl (C=O) groups is 2. The van der Waals surface area contributed by atoms with Crippen LogP contribution in [0.25, 0.3) is 56.7 Å². The van der Waals surface area contributed by atoms with E-state index in [2.05, 4.69) is 52.0 Å². The predicted octanol–water partition coefficient (Wildman–Crippen LogP) is 17.1. The normalized spacial score (nSPS) is 19.6. The van der Waals surface area contributed by atoms with Gasteiger partial charge < -0.3 is 34.2 Å². The highest BCUT2D eigenvalue weighted by molar-refractivity contribution is 5.94. The number of esters is 2. The molecule has 2 N–H and O–H groups in total. The van der Waals surface area contributed by atoms with Crippen LogP contribution in [0.3, 0.4) is 0 Å². The summed E-state index contributed by atoms with van der Waals surface area (Å²) in [5.74, 6) is -2.85. The van der Waals surface area contributed by atoms with Gasteiger partial charge in [-0.15, -0.1) is 0 Å². The lowest BCUT2D eigenvalue weighted by molar-refractivity contribution is -0.384. The third-order valence-corrected chi connectivity index (χ3v) is 16.1. The number of nitro benzene ring substituents is 1. The van der Waals surface area contributed by atoms with Crippen LogP contribution < -0.4 is 5.73 Å². The molecule has 0 spiro atoms. The molecule has 0 amide bonds. The summed E-state index contributed by atoms with van der Waals surface area (Å²) < 4.78 is 64.4. The summed E-state index contributed by atoms with van der Waals surface area (Å²) in [6, 6.07) is 24.3. The van der Waals surface area contributed by atoms with Crippen molar-refractivity contribution in [3.63, 3.8) is 0 Å². The molecule has 6 aromatic rings. The van der Waals surface area contributed by atoms with Crippen molar-refractivity contribution >= 4 is 35.5 Å². The molecule has 4 atom stereocenters. The molecule has 2 aliphatic heterocycles. The minimum Gasteiger partial charge on any atom is -0.460 e. The number of nitro groups is 1. The summed E-state index contributed by atoms with van der Waals surface area (Å²) in [5, 5.41) is 11.6. The average molecular weight is 1230 g/mol. The SMILES string of the molecule is CC(C)c1nc2c(c(-c3ccc(F)cc3)c1/C=C/[C@@H]1C[C@H](CC(=O)OC(C)(C)C)OC(C)(C)O1)-c1ccc(N)cc1CCC2.CC(C)c1nc2c(c(-c3ccc(F)cc3)c1/C=C/[C@@H]1C[C@H](CC(=O)OC(C)(C)C)OC(C)(C)O1)-c1ccc([N+](=O)[O-])cc1CCC2. The summed E-state index contributed by atoms with van der Waals surface area (Å²) in [5.41, 5.74) is 21.3. The fourth-order valence-corrected chi connectivity index (χ4v) is 12.8. The maximum Gasteiger partial charge on any atom is 0.308 e. The molecule has 0 unspecified atom stereocenters. The minimum absolute atomic E-state index is 0.0534. The summed E-state index contributed by atoms with van der Waals surface area (Å²) >= 11 is 0. The van der Waals surface area contributed by atoms with Crippen molar-refractivity contribution in [3.8, 4) is 44.5 Å². The van der Waals surface area contributed by atoms with E-state index in [9.17, 15) is 28.5 Å². The first-order valence-electron chi connectivity index (χ1n) is 31.6. The van der Waals surface area contributed by atoms with Crippen LogP contribution in [0, 0.1) is 21.7 Å². The second kappa shape index (κ2) is 27.1. The van der Waals surface area contributed by atoms with Crippen LogP contribution >= 0.6 is 0 Å². The smallest absolute Gasteiger partial charge is 0.308 e. The molecule has 4 aromatic carbocycles. The number of halogens is 2. The number of pyridine rings is 2. The van der Waals surface area contributed by atoms with Crippen LogP contribution in [0.5, 0.6) is 0 Å². The molecular weight excluding hydrogens is 1140 g/mol. The van der Waals surface area contributed by atoms with E-state index in [4.69, 9.17) is 44.1 Å². The zero-order valence-corrected chi connectivity index (χ0v) is 54.7. The second-order valence-corrected chi connectivity index (χ2v) is 27.6. The summed E-state index contributed by atoms with van der Waals surface area (Å²) in [7, 11) is 0. The number of aryl methyl sites for hydroxylation is 4. The maximum atomic E-state index is 14.2. The van der Waals surface area contributed by atoms with E-state index in [1.165, 1.54) is 35.9 Å². The first kappa shape index (κ1) is 66.9. The van der Waals surface area contributed by atoms with Gasteiger partial charge >= 0.3 is 11.9 Å². The van der Waals surface area contributed by atoms with Gasteiger partial charge in [0.2, 0.25) is 0 Å². The number of hydrogen-bond acceptors (Lipinski definition) is 13. The Hall–Kier alpha value is -7.50. The molecule has 14 nitrogen and oxygen atoms in total. The van der Waals surface area contributed by atoms with Crippen molar-refractivity contribution in [1.29, 1.82) is 0 Å². The van der Waals surface area contributed by atoms with Gasteiger partial charge in [0.1, 0.15) is 22.8 Å². The summed E-state index contributed by atoms with van der Waals surface area (Å²) in [6.45, 7) is 27.0.